The zero-order valence-corrected chi connectivity index (χ0v) is 14.2. The Morgan fingerprint density at radius 1 is 1.35 bits per heavy atom. The van der Waals surface area contributed by atoms with Crippen molar-refractivity contribution in [3.8, 4) is 0 Å². The van der Waals surface area contributed by atoms with Crippen LogP contribution in [0.1, 0.15) is 64.7 Å². The molecule has 2 heteroatoms. The Bertz CT molecular complexity index is 626. The minimum Gasteiger partial charge on any atom is -0.389 e. The number of allylic oxidation sites excluding steroid dienone is 4. The van der Waals surface area contributed by atoms with E-state index in [1.54, 1.807) is 5.57 Å². The molecule has 4 rings (SSSR count). The summed E-state index contributed by atoms with van der Waals surface area (Å²) in [6.07, 6.45) is 12.7. The summed E-state index contributed by atoms with van der Waals surface area (Å²) < 4.78 is 0. The van der Waals surface area contributed by atoms with Gasteiger partial charge in [0.2, 0.25) is 0 Å². The molecule has 4 aliphatic carbocycles. The summed E-state index contributed by atoms with van der Waals surface area (Å²) in [5, 5.41) is 11.2. The van der Waals surface area contributed by atoms with E-state index in [2.05, 4.69) is 19.6 Å². The summed E-state index contributed by atoms with van der Waals surface area (Å²) in [6, 6.07) is 0. The topological polar surface area (TPSA) is 37.3 Å². The molecule has 0 aromatic carbocycles. The predicted octanol–water partition coefficient (Wildman–Crippen LogP) is 4.50. The van der Waals surface area contributed by atoms with Crippen molar-refractivity contribution in [1.82, 2.24) is 0 Å². The number of rotatable bonds is 2. The first-order chi connectivity index (χ1) is 11.0. The third-order valence-corrected chi connectivity index (χ3v) is 7.46. The van der Waals surface area contributed by atoms with Gasteiger partial charge >= 0.3 is 0 Å². The van der Waals surface area contributed by atoms with E-state index in [0.29, 0.717) is 30.5 Å². The highest BCUT2D eigenvalue weighted by Crippen LogP contribution is 2.63. The Hall–Kier alpha value is -1.15. The number of hydrogen-bond acceptors (Lipinski definition) is 2. The van der Waals surface area contributed by atoms with Crippen LogP contribution in [0, 0.1) is 17.3 Å². The molecule has 23 heavy (non-hydrogen) atoms. The molecule has 4 aliphatic rings. The molecular weight excluding hydrogens is 284 g/mol. The van der Waals surface area contributed by atoms with Gasteiger partial charge in [-0.2, -0.15) is 0 Å². The minimum atomic E-state index is -0.585. The van der Waals surface area contributed by atoms with Gasteiger partial charge < -0.3 is 5.11 Å². The number of carbonyl (C=O) groups is 1. The quantitative estimate of drug-likeness (QED) is 0.762. The van der Waals surface area contributed by atoms with Gasteiger partial charge in [0.25, 0.3) is 0 Å². The van der Waals surface area contributed by atoms with Crippen LogP contribution >= 0.6 is 0 Å². The second-order valence-electron chi connectivity index (χ2n) is 8.39. The fourth-order valence-corrected chi connectivity index (χ4v) is 6.09. The predicted molar refractivity (Wildman–Crippen MR) is 91.9 cm³/mol. The van der Waals surface area contributed by atoms with Gasteiger partial charge in [-0.05, 0) is 67.9 Å². The Morgan fingerprint density at radius 2 is 2.17 bits per heavy atom. The number of hydrogen-bond donors (Lipinski definition) is 1. The molecule has 4 atom stereocenters. The fourth-order valence-electron chi connectivity index (χ4n) is 6.09. The van der Waals surface area contributed by atoms with Crippen LogP contribution in [0.4, 0.5) is 0 Å². The molecule has 0 radical (unpaired) electrons. The molecule has 0 spiro atoms. The van der Waals surface area contributed by atoms with Gasteiger partial charge in [0.1, 0.15) is 5.78 Å². The van der Waals surface area contributed by atoms with Crippen molar-refractivity contribution in [2.75, 3.05) is 0 Å². The van der Waals surface area contributed by atoms with Crippen molar-refractivity contribution < 1.29 is 9.90 Å². The van der Waals surface area contributed by atoms with Crippen molar-refractivity contribution in [2.24, 2.45) is 17.3 Å². The van der Waals surface area contributed by atoms with Crippen molar-refractivity contribution in [1.29, 1.82) is 0 Å². The monoisotopic (exact) mass is 312 g/mol. The molecule has 0 saturated heterocycles. The van der Waals surface area contributed by atoms with Gasteiger partial charge in [-0.15, -0.1) is 6.58 Å². The lowest BCUT2D eigenvalue weighted by molar-refractivity contribution is -0.118. The van der Waals surface area contributed by atoms with E-state index in [1.165, 1.54) is 17.6 Å². The maximum Gasteiger partial charge on any atom is 0.137 e. The summed E-state index contributed by atoms with van der Waals surface area (Å²) in [4.78, 5) is 11.8. The number of carbonyl (C=O) groups excluding carboxylic acids is 1. The first-order valence-corrected chi connectivity index (χ1v) is 9.25. The fraction of sp³-hybridized carbons (Fsp3) is 0.667. The molecule has 1 saturated carbocycles. The third kappa shape index (κ3) is 2.07. The van der Waals surface area contributed by atoms with Crippen molar-refractivity contribution in [3.63, 3.8) is 0 Å². The van der Waals surface area contributed by atoms with Crippen molar-refractivity contribution in [3.05, 3.63) is 35.5 Å². The molecule has 2 nitrogen and oxygen atoms in total. The van der Waals surface area contributed by atoms with Crippen LogP contribution in [0.2, 0.25) is 0 Å². The van der Waals surface area contributed by atoms with Gasteiger partial charge in [0.05, 0.1) is 5.60 Å². The molecule has 1 fully saturated rings. The normalized spacial score (nSPS) is 42.7. The average molecular weight is 312 g/mol. The van der Waals surface area contributed by atoms with Gasteiger partial charge in [-0.25, -0.2) is 0 Å². The van der Waals surface area contributed by atoms with E-state index in [-0.39, 0.29) is 5.41 Å². The maximum atomic E-state index is 11.8. The zero-order valence-electron chi connectivity index (χ0n) is 14.2. The summed E-state index contributed by atoms with van der Waals surface area (Å²) in [7, 11) is 0. The number of aliphatic hydroxyl groups is 1. The van der Waals surface area contributed by atoms with E-state index in [4.69, 9.17) is 0 Å². The van der Waals surface area contributed by atoms with E-state index >= 15 is 0 Å². The Balaban J connectivity index is 1.71. The second-order valence-corrected chi connectivity index (χ2v) is 8.39. The van der Waals surface area contributed by atoms with E-state index in [0.717, 1.165) is 38.5 Å². The molecule has 0 amide bonds. The molecule has 0 unspecified atom stereocenters. The number of fused-ring (bicyclic) bond motifs is 4. The molecule has 1 N–H and O–H groups in total. The van der Waals surface area contributed by atoms with Gasteiger partial charge in [0.15, 0.2) is 0 Å². The van der Waals surface area contributed by atoms with Gasteiger partial charge in [-0.1, -0.05) is 24.6 Å². The summed E-state index contributed by atoms with van der Waals surface area (Å²) >= 11 is 0. The van der Waals surface area contributed by atoms with Crippen molar-refractivity contribution >= 4 is 5.78 Å². The van der Waals surface area contributed by atoms with Gasteiger partial charge in [-0.3, -0.25) is 4.79 Å². The average Bonchev–Trinajstić information content (AvgIpc) is 2.79. The smallest absolute Gasteiger partial charge is 0.137 e. The summed E-state index contributed by atoms with van der Waals surface area (Å²) in [5.41, 5.74) is 3.88. The molecule has 0 bridgehead atoms. The highest BCUT2D eigenvalue weighted by atomic mass is 16.3. The molecule has 124 valence electrons. The maximum absolute atomic E-state index is 11.8. The summed E-state index contributed by atoms with van der Waals surface area (Å²) in [5.74, 6) is 1.60. The number of Topliss-reactive ketones (excluding diaryl/α,β-unsaturated/α-hetero) is 1. The minimum absolute atomic E-state index is 0.0160. The highest BCUT2D eigenvalue weighted by Gasteiger charge is 2.59. The SMILES string of the molecule is C=CC[C@]1(O)CC[C@H]2[C@@H]3CCC4=C(CCC(=O)C4)C3=CC[C@@]21C. The standard InChI is InChI=1S/C21H28O2/c1-3-10-21(23)12-9-19-18-6-4-14-13-15(22)5-7-16(14)17(18)8-11-20(19,21)2/h3,8,18-19,23H,1,4-7,9-13H2,2H3/t18-,19+,20+,21+/m1/s1. The van der Waals surface area contributed by atoms with Crippen LogP contribution < -0.4 is 0 Å². The molecule has 0 heterocycles. The largest absolute Gasteiger partial charge is 0.389 e. The van der Waals surface area contributed by atoms with Crippen LogP contribution in [-0.2, 0) is 4.79 Å². The zero-order chi connectivity index (χ0) is 16.2. The summed E-state index contributed by atoms with van der Waals surface area (Å²) in [6.45, 7) is 6.17. The molecule has 0 aliphatic heterocycles. The third-order valence-electron chi connectivity index (χ3n) is 7.46. The van der Waals surface area contributed by atoms with Crippen LogP contribution in [0.3, 0.4) is 0 Å². The molecule has 0 aromatic rings. The van der Waals surface area contributed by atoms with Crippen LogP contribution in [-0.4, -0.2) is 16.5 Å². The van der Waals surface area contributed by atoms with Crippen LogP contribution in [0.5, 0.6) is 0 Å². The Morgan fingerprint density at radius 3 is 2.96 bits per heavy atom. The second kappa shape index (κ2) is 5.17. The number of ketones is 1. The molecular formula is C21H28O2. The lowest BCUT2D eigenvalue weighted by Gasteiger charge is -2.50. The van der Waals surface area contributed by atoms with Gasteiger partial charge in [0, 0.05) is 18.3 Å². The van der Waals surface area contributed by atoms with Crippen LogP contribution in [0.15, 0.2) is 35.5 Å². The lowest BCUT2D eigenvalue weighted by Crippen LogP contribution is -2.48. The lowest BCUT2D eigenvalue weighted by atomic mass is 9.56. The van der Waals surface area contributed by atoms with Crippen LogP contribution in [0.25, 0.3) is 0 Å². The van der Waals surface area contributed by atoms with E-state index in [1.807, 2.05) is 6.08 Å². The van der Waals surface area contributed by atoms with E-state index < -0.39 is 5.60 Å². The van der Waals surface area contributed by atoms with Crippen molar-refractivity contribution in [2.45, 2.75) is 70.3 Å². The Labute approximate surface area is 139 Å². The first kappa shape index (κ1) is 15.4. The first-order valence-electron chi connectivity index (χ1n) is 9.25. The van der Waals surface area contributed by atoms with E-state index in [9.17, 15) is 9.90 Å². The Kier molecular flexibility index (Phi) is 3.46. The highest BCUT2D eigenvalue weighted by molar-refractivity contribution is 5.83. The molecule has 0 aromatic heterocycles.